The van der Waals surface area contributed by atoms with Gasteiger partial charge < -0.3 is 14.5 Å². The van der Waals surface area contributed by atoms with E-state index >= 15 is 0 Å². The van der Waals surface area contributed by atoms with Crippen LogP contribution in [0.4, 0.5) is 4.79 Å². The fourth-order valence-corrected chi connectivity index (χ4v) is 6.09. The summed E-state index contributed by atoms with van der Waals surface area (Å²) in [4.78, 5) is 20.4. The maximum atomic E-state index is 13.7. The van der Waals surface area contributed by atoms with Crippen LogP contribution in [0.5, 0.6) is 5.75 Å². The quantitative estimate of drug-likeness (QED) is 0.592. The third-order valence-electron chi connectivity index (χ3n) is 8.40. The Kier molecular flexibility index (Phi) is 5.86. The van der Waals surface area contributed by atoms with E-state index in [9.17, 15) is 4.79 Å². The number of rotatable bonds is 7. The lowest BCUT2D eigenvalue weighted by atomic mass is 9.68. The first-order valence-corrected chi connectivity index (χ1v) is 12.4. The van der Waals surface area contributed by atoms with E-state index in [1.807, 2.05) is 12.1 Å². The van der Waals surface area contributed by atoms with Crippen molar-refractivity contribution in [3.8, 4) is 5.75 Å². The van der Waals surface area contributed by atoms with Crippen LogP contribution in [0.2, 0.25) is 0 Å². The second-order valence-electron chi connectivity index (χ2n) is 10.6. The zero-order valence-electron chi connectivity index (χ0n) is 20.3. The summed E-state index contributed by atoms with van der Waals surface area (Å²) in [6, 6.07) is 19.3. The molecule has 0 unspecified atom stereocenters. The fraction of sp³-hybridized carbons (Fsp3) is 0.536. The van der Waals surface area contributed by atoms with Gasteiger partial charge in [-0.05, 0) is 81.8 Å². The van der Waals surface area contributed by atoms with E-state index in [1.165, 1.54) is 18.4 Å². The van der Waals surface area contributed by atoms with Gasteiger partial charge in [-0.1, -0.05) is 42.5 Å². The van der Waals surface area contributed by atoms with Crippen molar-refractivity contribution in [2.45, 2.75) is 56.1 Å². The van der Waals surface area contributed by atoms with Crippen LogP contribution in [0.15, 0.2) is 54.6 Å². The van der Waals surface area contributed by atoms with Crippen LogP contribution >= 0.6 is 0 Å². The molecule has 5 heteroatoms. The number of hydrogen-bond donors (Lipinski definition) is 0. The molecule has 2 aliphatic carbocycles. The molecule has 5 nitrogen and oxygen atoms in total. The van der Waals surface area contributed by atoms with Crippen LogP contribution in [0, 0.1) is 5.92 Å². The maximum Gasteiger partial charge on any atom is 0.320 e. The van der Waals surface area contributed by atoms with Gasteiger partial charge in [0.25, 0.3) is 0 Å². The lowest BCUT2D eigenvalue weighted by molar-refractivity contribution is 0.0232. The minimum atomic E-state index is -0.0412. The molecule has 1 saturated heterocycles. The van der Waals surface area contributed by atoms with Crippen molar-refractivity contribution in [1.29, 1.82) is 0 Å². The number of carbonyl (C=O) groups is 1. The van der Waals surface area contributed by atoms with Gasteiger partial charge in [-0.2, -0.15) is 0 Å². The summed E-state index contributed by atoms with van der Waals surface area (Å²) in [6.07, 6.45) is 6.80. The first-order valence-electron chi connectivity index (χ1n) is 12.4. The van der Waals surface area contributed by atoms with Gasteiger partial charge in [0, 0.05) is 25.2 Å². The van der Waals surface area contributed by atoms with E-state index < -0.39 is 0 Å². The van der Waals surface area contributed by atoms with Gasteiger partial charge in [0.1, 0.15) is 5.75 Å². The highest BCUT2D eigenvalue weighted by Crippen LogP contribution is 2.50. The molecule has 176 valence electrons. The molecule has 1 spiro atoms. The summed E-state index contributed by atoms with van der Waals surface area (Å²) in [6.45, 7) is 2.43. The molecule has 0 radical (unpaired) electrons. The molecule has 3 aliphatic rings. The molecular weight excluding hydrogens is 410 g/mol. The summed E-state index contributed by atoms with van der Waals surface area (Å²) in [5.74, 6) is 1.55. The first kappa shape index (κ1) is 22.3. The Labute approximate surface area is 198 Å². The number of methoxy groups -OCH3 is 1. The van der Waals surface area contributed by atoms with Crippen LogP contribution in [0.3, 0.4) is 0 Å². The van der Waals surface area contributed by atoms with Crippen molar-refractivity contribution < 1.29 is 9.53 Å². The van der Waals surface area contributed by atoms with Crippen LogP contribution < -0.4 is 4.74 Å². The number of benzene rings is 2. The summed E-state index contributed by atoms with van der Waals surface area (Å²) in [5, 5.41) is 0. The van der Waals surface area contributed by atoms with Crippen molar-refractivity contribution >= 4 is 6.03 Å². The van der Waals surface area contributed by atoms with Crippen molar-refractivity contribution in [3.63, 3.8) is 0 Å². The van der Waals surface area contributed by atoms with Crippen LogP contribution in [0.1, 0.15) is 49.7 Å². The third kappa shape index (κ3) is 4.12. The fourth-order valence-electron chi connectivity index (χ4n) is 6.09. The number of amides is 2. The average molecular weight is 448 g/mol. The summed E-state index contributed by atoms with van der Waals surface area (Å²) in [5.41, 5.74) is 2.57. The minimum Gasteiger partial charge on any atom is -0.497 e. The molecule has 0 atom stereocenters. The molecule has 5 rings (SSSR count). The largest absolute Gasteiger partial charge is 0.497 e. The third-order valence-corrected chi connectivity index (χ3v) is 8.40. The normalized spacial score (nSPS) is 27.6. The van der Waals surface area contributed by atoms with Crippen molar-refractivity contribution in [3.05, 3.63) is 65.7 Å². The molecule has 2 amide bonds. The summed E-state index contributed by atoms with van der Waals surface area (Å²) >= 11 is 0. The molecule has 0 bridgehead atoms. The highest BCUT2D eigenvalue weighted by molar-refractivity contribution is 5.78. The smallest absolute Gasteiger partial charge is 0.320 e. The predicted molar refractivity (Wildman–Crippen MR) is 131 cm³/mol. The summed E-state index contributed by atoms with van der Waals surface area (Å²) in [7, 11) is 6.11. The monoisotopic (exact) mass is 447 g/mol. The molecule has 2 aromatic rings. The van der Waals surface area contributed by atoms with Gasteiger partial charge in [0.15, 0.2) is 0 Å². The lowest BCUT2D eigenvalue weighted by Gasteiger charge is -2.51. The van der Waals surface area contributed by atoms with Crippen molar-refractivity contribution in [1.82, 2.24) is 14.7 Å². The molecule has 1 heterocycles. The Hall–Kier alpha value is -2.53. The molecule has 0 N–H and O–H groups in total. The van der Waals surface area contributed by atoms with Gasteiger partial charge in [-0.3, -0.25) is 4.90 Å². The number of hydrogen-bond acceptors (Lipinski definition) is 3. The second-order valence-corrected chi connectivity index (χ2v) is 10.6. The van der Waals surface area contributed by atoms with E-state index in [0.29, 0.717) is 12.5 Å². The minimum absolute atomic E-state index is 0.0412. The lowest BCUT2D eigenvalue weighted by Crippen LogP contribution is -2.55. The first-order chi connectivity index (χ1) is 16.0. The Morgan fingerprint density at radius 1 is 0.970 bits per heavy atom. The topological polar surface area (TPSA) is 36.0 Å². The maximum absolute atomic E-state index is 13.7. The Bertz CT molecular complexity index is 960. The molecule has 0 aromatic heterocycles. The van der Waals surface area contributed by atoms with Gasteiger partial charge in [0.05, 0.1) is 12.6 Å². The number of ether oxygens (including phenoxy) is 1. The standard InChI is InChI=1S/C28H37N3O2/c1-29(2)28(24-7-5-4-6-8-24)17-15-27(16-18-28)21-30(26(32)31(27)20-23-9-10-23)19-22-11-13-25(33-3)14-12-22/h4-8,11-14,23H,9-10,15-21H2,1-3H3/t27-,28-. The number of urea groups is 1. The molecule has 3 fully saturated rings. The highest BCUT2D eigenvalue weighted by Gasteiger charge is 2.55. The average Bonchev–Trinajstić information content (AvgIpc) is 3.63. The van der Waals surface area contributed by atoms with Crippen molar-refractivity contribution in [2.75, 3.05) is 34.3 Å². The number of nitrogens with zero attached hydrogens (tertiary/aromatic N) is 3. The van der Waals surface area contributed by atoms with E-state index in [1.54, 1.807) is 7.11 Å². The number of carbonyl (C=O) groups excluding carboxylic acids is 1. The Morgan fingerprint density at radius 2 is 1.64 bits per heavy atom. The van der Waals surface area contributed by atoms with E-state index in [0.717, 1.165) is 50.1 Å². The van der Waals surface area contributed by atoms with Gasteiger partial charge in [0.2, 0.25) is 0 Å². The Balaban J connectivity index is 1.38. The van der Waals surface area contributed by atoms with Crippen LogP contribution in [0.25, 0.3) is 0 Å². The van der Waals surface area contributed by atoms with E-state index in [4.69, 9.17) is 4.74 Å². The predicted octanol–water partition coefficient (Wildman–Crippen LogP) is 5.11. The molecule has 2 aromatic carbocycles. The van der Waals surface area contributed by atoms with Crippen molar-refractivity contribution in [2.24, 2.45) is 5.92 Å². The molecular formula is C28H37N3O2. The van der Waals surface area contributed by atoms with Gasteiger partial charge in [-0.25, -0.2) is 4.79 Å². The zero-order valence-corrected chi connectivity index (χ0v) is 20.3. The zero-order chi connectivity index (χ0) is 23.1. The highest BCUT2D eigenvalue weighted by atomic mass is 16.5. The van der Waals surface area contributed by atoms with E-state index in [2.05, 4.69) is 71.3 Å². The SMILES string of the molecule is COc1ccc(CN2C[C@]3(CC[C@@](c4ccccc4)(N(C)C)CC3)N(CC3CC3)C2=O)cc1. The van der Waals surface area contributed by atoms with Crippen LogP contribution in [-0.2, 0) is 12.1 Å². The Morgan fingerprint density at radius 3 is 2.21 bits per heavy atom. The molecule has 2 saturated carbocycles. The van der Waals surface area contributed by atoms with E-state index in [-0.39, 0.29) is 17.1 Å². The molecule has 1 aliphatic heterocycles. The molecule has 33 heavy (non-hydrogen) atoms. The second kappa shape index (κ2) is 8.68. The van der Waals surface area contributed by atoms with Gasteiger partial charge >= 0.3 is 6.03 Å². The van der Waals surface area contributed by atoms with Crippen LogP contribution in [-0.4, -0.2) is 60.6 Å². The summed E-state index contributed by atoms with van der Waals surface area (Å²) < 4.78 is 5.30. The van der Waals surface area contributed by atoms with Gasteiger partial charge in [-0.15, -0.1) is 0 Å².